The van der Waals surface area contributed by atoms with Gasteiger partial charge in [0.1, 0.15) is 0 Å². The van der Waals surface area contributed by atoms with Crippen molar-refractivity contribution in [1.82, 2.24) is 0 Å². The first-order valence-electron chi connectivity index (χ1n) is 9.92. The molecule has 1 saturated heterocycles. The minimum Gasteiger partial charge on any atom is -0.462 e. The Labute approximate surface area is 177 Å². The van der Waals surface area contributed by atoms with Crippen molar-refractivity contribution >= 4 is 36.0 Å². The third kappa shape index (κ3) is 4.83. The average Bonchev–Trinajstić information content (AvgIpc) is 2.90. The predicted molar refractivity (Wildman–Crippen MR) is 117 cm³/mol. The summed E-state index contributed by atoms with van der Waals surface area (Å²) < 4.78 is 17.1. The monoisotopic (exact) mass is 410 g/mol. The van der Waals surface area contributed by atoms with Gasteiger partial charge in [-0.25, -0.2) is 9.59 Å². The molecule has 0 unspecified atom stereocenters. The Morgan fingerprint density at radius 2 is 1.50 bits per heavy atom. The zero-order valence-electron chi connectivity index (χ0n) is 17.9. The van der Waals surface area contributed by atoms with Crippen molar-refractivity contribution in [3.63, 3.8) is 0 Å². The molecule has 158 valence electrons. The van der Waals surface area contributed by atoms with Gasteiger partial charge in [-0.1, -0.05) is 18.2 Å². The normalized spacial score (nSPS) is 16.8. The second kappa shape index (κ2) is 8.49. The van der Waals surface area contributed by atoms with E-state index in [0.717, 1.165) is 5.46 Å². The summed E-state index contributed by atoms with van der Waals surface area (Å²) in [4.78, 5) is 24.3. The summed E-state index contributed by atoms with van der Waals surface area (Å²) in [7, 11) is -0.513. The van der Waals surface area contributed by atoms with Crippen molar-refractivity contribution in [2.24, 2.45) is 0 Å². The van der Waals surface area contributed by atoms with Crippen LogP contribution in [0.25, 0.3) is 0 Å². The number of esters is 1. The fraction of sp³-hybridized carbons (Fsp3) is 0.364. The third-order valence-electron chi connectivity index (χ3n) is 5.30. The standard InChI is InChI=1S/C22H27BN2O5/c1-6-28-19(26)15-9-7-11-17(13-15)24-20(27)25-18-12-8-10-16(14-18)23-29-21(2,3)22(4,5)30-23/h7-14H,6H2,1-5H3,(H2,24,25,27). The van der Waals surface area contributed by atoms with Crippen LogP contribution in [0.1, 0.15) is 45.0 Å². The zero-order chi connectivity index (χ0) is 21.9. The topological polar surface area (TPSA) is 85.9 Å². The average molecular weight is 410 g/mol. The van der Waals surface area contributed by atoms with Gasteiger partial charge in [0.05, 0.1) is 23.4 Å². The lowest BCUT2D eigenvalue weighted by Crippen LogP contribution is -2.41. The van der Waals surface area contributed by atoms with Gasteiger partial charge in [0.25, 0.3) is 0 Å². The van der Waals surface area contributed by atoms with Crippen molar-refractivity contribution in [1.29, 1.82) is 0 Å². The molecular formula is C22H27BN2O5. The molecule has 0 spiro atoms. The number of rotatable bonds is 5. The highest BCUT2D eigenvalue weighted by molar-refractivity contribution is 6.62. The van der Waals surface area contributed by atoms with Crippen LogP contribution in [-0.2, 0) is 14.0 Å². The first kappa shape index (κ1) is 21.9. The molecule has 3 rings (SSSR count). The Kier molecular flexibility index (Phi) is 6.19. The molecule has 1 fully saturated rings. The van der Waals surface area contributed by atoms with E-state index in [1.165, 1.54) is 0 Å². The van der Waals surface area contributed by atoms with Crippen LogP contribution in [0.3, 0.4) is 0 Å². The highest BCUT2D eigenvalue weighted by Gasteiger charge is 2.51. The van der Waals surface area contributed by atoms with E-state index in [1.54, 1.807) is 37.3 Å². The summed E-state index contributed by atoms with van der Waals surface area (Å²) >= 11 is 0. The van der Waals surface area contributed by atoms with Crippen LogP contribution in [0.2, 0.25) is 0 Å². The molecule has 0 radical (unpaired) electrons. The van der Waals surface area contributed by atoms with Crippen molar-refractivity contribution in [2.45, 2.75) is 45.8 Å². The number of benzene rings is 2. The van der Waals surface area contributed by atoms with E-state index in [1.807, 2.05) is 45.9 Å². The number of anilines is 2. The Morgan fingerprint density at radius 1 is 0.933 bits per heavy atom. The molecule has 1 aliphatic heterocycles. The minimum atomic E-state index is -0.513. The van der Waals surface area contributed by atoms with Gasteiger partial charge in [-0.05, 0) is 70.4 Å². The number of carbonyl (C=O) groups is 2. The van der Waals surface area contributed by atoms with E-state index in [0.29, 0.717) is 16.9 Å². The maximum atomic E-state index is 12.4. The van der Waals surface area contributed by atoms with Crippen molar-refractivity contribution in [3.8, 4) is 0 Å². The van der Waals surface area contributed by atoms with Crippen molar-refractivity contribution in [2.75, 3.05) is 17.2 Å². The molecule has 7 nitrogen and oxygen atoms in total. The minimum absolute atomic E-state index is 0.288. The Balaban J connectivity index is 1.66. The van der Waals surface area contributed by atoms with Gasteiger partial charge in [0.2, 0.25) is 0 Å². The molecule has 2 amide bonds. The molecule has 0 aromatic heterocycles. The van der Waals surface area contributed by atoms with Gasteiger partial charge in [0, 0.05) is 11.4 Å². The fourth-order valence-corrected chi connectivity index (χ4v) is 2.97. The second-order valence-electron chi connectivity index (χ2n) is 8.09. The van der Waals surface area contributed by atoms with Gasteiger partial charge < -0.3 is 24.7 Å². The van der Waals surface area contributed by atoms with Crippen LogP contribution in [0.5, 0.6) is 0 Å². The van der Waals surface area contributed by atoms with E-state index < -0.39 is 30.3 Å². The van der Waals surface area contributed by atoms with Gasteiger partial charge in [-0.15, -0.1) is 0 Å². The molecule has 2 N–H and O–H groups in total. The smallest absolute Gasteiger partial charge is 0.462 e. The number of hydrogen-bond donors (Lipinski definition) is 2. The number of urea groups is 1. The molecule has 0 atom stereocenters. The SMILES string of the molecule is CCOC(=O)c1cccc(NC(=O)Nc2cccc(B3OC(C)(C)C(C)(C)O3)c2)c1. The Morgan fingerprint density at radius 3 is 2.10 bits per heavy atom. The molecule has 2 aromatic carbocycles. The quantitative estimate of drug-likeness (QED) is 0.579. The lowest BCUT2D eigenvalue weighted by Gasteiger charge is -2.32. The molecule has 0 aliphatic carbocycles. The van der Waals surface area contributed by atoms with Crippen LogP contribution in [0.15, 0.2) is 48.5 Å². The number of nitrogens with one attached hydrogen (secondary N) is 2. The maximum absolute atomic E-state index is 12.4. The summed E-state index contributed by atoms with van der Waals surface area (Å²) in [6.45, 7) is 10.0. The number of hydrogen-bond acceptors (Lipinski definition) is 5. The molecule has 8 heteroatoms. The van der Waals surface area contributed by atoms with Crippen LogP contribution >= 0.6 is 0 Å². The van der Waals surface area contributed by atoms with Gasteiger partial charge in [-0.3, -0.25) is 0 Å². The maximum Gasteiger partial charge on any atom is 0.494 e. The van der Waals surface area contributed by atoms with E-state index in [9.17, 15) is 9.59 Å². The molecular weight excluding hydrogens is 383 g/mol. The lowest BCUT2D eigenvalue weighted by atomic mass is 9.79. The van der Waals surface area contributed by atoms with Crippen LogP contribution in [-0.4, -0.2) is 36.9 Å². The van der Waals surface area contributed by atoms with Crippen LogP contribution < -0.4 is 16.1 Å². The Hall–Kier alpha value is -2.84. The van der Waals surface area contributed by atoms with E-state index in [4.69, 9.17) is 14.0 Å². The highest BCUT2D eigenvalue weighted by Crippen LogP contribution is 2.36. The Bertz CT molecular complexity index is 929. The van der Waals surface area contributed by atoms with Crippen LogP contribution in [0.4, 0.5) is 16.2 Å². The van der Waals surface area contributed by atoms with Crippen molar-refractivity contribution in [3.05, 3.63) is 54.1 Å². The molecule has 0 saturated carbocycles. The molecule has 1 aliphatic rings. The van der Waals surface area contributed by atoms with Gasteiger partial charge >= 0.3 is 19.1 Å². The summed E-state index contributed by atoms with van der Waals surface area (Å²) in [5.74, 6) is -0.434. The second-order valence-corrected chi connectivity index (χ2v) is 8.09. The molecule has 1 heterocycles. The lowest BCUT2D eigenvalue weighted by molar-refractivity contribution is 0.00578. The summed E-state index contributed by atoms with van der Waals surface area (Å²) in [5.41, 5.74) is 1.39. The zero-order valence-corrected chi connectivity index (χ0v) is 17.9. The number of ether oxygens (including phenoxy) is 1. The fourth-order valence-electron chi connectivity index (χ4n) is 2.97. The van der Waals surface area contributed by atoms with Crippen molar-refractivity contribution < 1.29 is 23.6 Å². The molecule has 0 bridgehead atoms. The first-order chi connectivity index (χ1) is 14.1. The van der Waals surface area contributed by atoms with E-state index >= 15 is 0 Å². The van der Waals surface area contributed by atoms with Gasteiger partial charge in [0.15, 0.2) is 0 Å². The predicted octanol–water partition coefficient (Wildman–Crippen LogP) is 3.81. The third-order valence-corrected chi connectivity index (χ3v) is 5.30. The van der Waals surface area contributed by atoms with E-state index in [2.05, 4.69) is 10.6 Å². The number of amides is 2. The number of carbonyl (C=O) groups excluding carboxylic acids is 2. The highest BCUT2D eigenvalue weighted by atomic mass is 16.7. The molecule has 2 aromatic rings. The largest absolute Gasteiger partial charge is 0.494 e. The van der Waals surface area contributed by atoms with Crippen LogP contribution in [0, 0.1) is 0 Å². The first-order valence-corrected chi connectivity index (χ1v) is 9.92. The van der Waals surface area contributed by atoms with Gasteiger partial charge in [-0.2, -0.15) is 0 Å². The summed E-state index contributed by atoms with van der Waals surface area (Å²) in [6, 6.07) is 13.5. The summed E-state index contributed by atoms with van der Waals surface area (Å²) in [5, 5.41) is 5.51. The summed E-state index contributed by atoms with van der Waals surface area (Å²) in [6.07, 6.45) is 0. The molecule has 30 heavy (non-hydrogen) atoms. The van der Waals surface area contributed by atoms with E-state index in [-0.39, 0.29) is 6.61 Å².